The Balaban J connectivity index is 2.71. The Morgan fingerprint density at radius 3 is 2.40 bits per heavy atom. The van der Waals surface area contributed by atoms with Gasteiger partial charge in [-0.3, -0.25) is 0 Å². The second-order valence-corrected chi connectivity index (χ2v) is 4.92. The standard InChI is InChI=1S/C9H13O5P/c10-7-6-9(11)14-15(12,13)8-4-2-1-3-5-8/h1-5,10,12-13,15H,6-7H2. The summed E-state index contributed by atoms with van der Waals surface area (Å²) in [7, 11) is -4.14. The molecule has 0 unspecified atom stereocenters. The Hall–Kier alpha value is -1.00. The third kappa shape index (κ3) is 3.57. The zero-order chi connectivity index (χ0) is 11.3. The van der Waals surface area contributed by atoms with E-state index in [0.717, 1.165) is 0 Å². The first kappa shape index (κ1) is 12.1. The van der Waals surface area contributed by atoms with E-state index in [1.54, 1.807) is 18.2 Å². The fourth-order valence-corrected chi connectivity index (χ4v) is 2.18. The Labute approximate surface area is 87.5 Å². The third-order valence-corrected chi connectivity index (χ3v) is 3.32. The molecule has 0 heterocycles. The van der Waals surface area contributed by atoms with E-state index in [2.05, 4.69) is 4.52 Å². The van der Waals surface area contributed by atoms with Crippen LogP contribution in [-0.2, 0) is 9.32 Å². The molecule has 0 fully saturated rings. The van der Waals surface area contributed by atoms with E-state index in [9.17, 15) is 14.6 Å². The van der Waals surface area contributed by atoms with E-state index in [0.29, 0.717) is 0 Å². The molecule has 3 N–H and O–H groups in total. The number of aliphatic hydroxyl groups excluding tert-OH is 1. The summed E-state index contributed by atoms with van der Waals surface area (Å²) in [5, 5.41) is 8.65. The average Bonchev–Trinajstić information content (AvgIpc) is 2.18. The van der Waals surface area contributed by atoms with Gasteiger partial charge in [-0.25, -0.2) is 0 Å². The summed E-state index contributed by atoms with van der Waals surface area (Å²) in [6.07, 6.45) is -0.247. The summed E-state index contributed by atoms with van der Waals surface area (Å²) in [5.74, 6) is -0.821. The van der Waals surface area contributed by atoms with Crippen molar-refractivity contribution in [1.82, 2.24) is 0 Å². The van der Waals surface area contributed by atoms with Gasteiger partial charge in [0.05, 0.1) is 0 Å². The molecule has 1 aromatic rings. The molecular weight excluding hydrogens is 219 g/mol. The summed E-state index contributed by atoms with van der Waals surface area (Å²) < 4.78 is 4.52. The van der Waals surface area contributed by atoms with Crippen LogP contribution in [0.4, 0.5) is 0 Å². The molecule has 1 rings (SSSR count). The predicted octanol–water partition coefficient (Wildman–Crippen LogP) is -0.283. The van der Waals surface area contributed by atoms with E-state index in [4.69, 9.17) is 5.11 Å². The van der Waals surface area contributed by atoms with E-state index >= 15 is 0 Å². The summed E-state index contributed by atoms with van der Waals surface area (Å²) in [5.41, 5.74) is 0. The molecule has 0 radical (unpaired) electrons. The molecular formula is C9H13O5P. The second-order valence-electron chi connectivity index (χ2n) is 2.92. The van der Waals surface area contributed by atoms with Gasteiger partial charge in [0.1, 0.15) is 0 Å². The van der Waals surface area contributed by atoms with Gasteiger partial charge in [-0.05, 0) is 0 Å². The molecule has 0 amide bonds. The zero-order valence-electron chi connectivity index (χ0n) is 7.96. The average molecular weight is 232 g/mol. The summed E-state index contributed by atoms with van der Waals surface area (Å²) in [6.45, 7) is -0.377. The SMILES string of the molecule is O=C(CCO)O[PH](O)(O)c1ccccc1. The van der Waals surface area contributed by atoms with Gasteiger partial charge in [0.2, 0.25) is 0 Å². The molecule has 0 aromatic heterocycles. The molecule has 0 bridgehead atoms. The van der Waals surface area contributed by atoms with Crippen molar-refractivity contribution in [3.05, 3.63) is 30.3 Å². The Morgan fingerprint density at radius 1 is 1.27 bits per heavy atom. The molecule has 0 aliphatic rings. The molecule has 0 spiro atoms. The Bertz CT molecular complexity index is 325. The molecule has 6 heteroatoms. The van der Waals surface area contributed by atoms with Crippen molar-refractivity contribution in [2.24, 2.45) is 0 Å². The van der Waals surface area contributed by atoms with Crippen molar-refractivity contribution in [3.8, 4) is 0 Å². The van der Waals surface area contributed by atoms with Crippen molar-refractivity contribution >= 4 is 19.2 Å². The number of hydrogen-bond donors (Lipinski definition) is 3. The number of aliphatic hydroxyl groups is 1. The van der Waals surface area contributed by atoms with Crippen LogP contribution >= 0.6 is 7.94 Å². The summed E-state index contributed by atoms with van der Waals surface area (Å²) in [6, 6.07) is 7.88. The van der Waals surface area contributed by atoms with Gasteiger partial charge in [-0.2, -0.15) is 0 Å². The fraction of sp³-hybridized carbons (Fsp3) is 0.222. The van der Waals surface area contributed by atoms with Gasteiger partial charge in [-0.1, -0.05) is 0 Å². The van der Waals surface area contributed by atoms with Gasteiger partial charge in [0.15, 0.2) is 0 Å². The van der Waals surface area contributed by atoms with E-state index in [-0.39, 0.29) is 18.3 Å². The van der Waals surface area contributed by atoms with E-state index in [1.165, 1.54) is 12.1 Å². The van der Waals surface area contributed by atoms with Gasteiger partial charge < -0.3 is 0 Å². The molecule has 5 nitrogen and oxygen atoms in total. The zero-order valence-corrected chi connectivity index (χ0v) is 8.96. The van der Waals surface area contributed by atoms with Crippen molar-refractivity contribution in [1.29, 1.82) is 0 Å². The monoisotopic (exact) mass is 232 g/mol. The van der Waals surface area contributed by atoms with Crippen LogP contribution in [0.1, 0.15) is 6.42 Å². The number of rotatable bonds is 4. The first-order valence-corrected chi connectivity index (χ1v) is 6.19. The quantitative estimate of drug-likeness (QED) is 0.621. The van der Waals surface area contributed by atoms with Gasteiger partial charge >= 0.3 is 86.8 Å². The topological polar surface area (TPSA) is 87.0 Å². The first-order chi connectivity index (χ1) is 7.06. The van der Waals surface area contributed by atoms with Crippen LogP contribution in [0.15, 0.2) is 30.3 Å². The predicted molar refractivity (Wildman–Crippen MR) is 56.6 cm³/mol. The maximum atomic E-state index is 11.0. The molecule has 0 aliphatic heterocycles. The maximum absolute atomic E-state index is 11.0. The molecule has 1 aromatic carbocycles. The molecule has 0 saturated carbocycles. The number of carbonyl (C=O) groups excluding carboxylic acids is 1. The van der Waals surface area contributed by atoms with Crippen LogP contribution in [0.3, 0.4) is 0 Å². The van der Waals surface area contributed by atoms with Gasteiger partial charge in [0.25, 0.3) is 0 Å². The van der Waals surface area contributed by atoms with Crippen LogP contribution in [-0.4, -0.2) is 27.5 Å². The third-order valence-electron chi connectivity index (χ3n) is 1.72. The number of carbonyl (C=O) groups is 1. The Morgan fingerprint density at radius 2 is 1.87 bits per heavy atom. The van der Waals surface area contributed by atoms with E-state index < -0.39 is 13.9 Å². The number of hydrogen-bond acceptors (Lipinski definition) is 5. The van der Waals surface area contributed by atoms with Gasteiger partial charge in [-0.15, -0.1) is 0 Å². The van der Waals surface area contributed by atoms with Gasteiger partial charge in [0, 0.05) is 0 Å². The second kappa shape index (κ2) is 5.19. The minimum atomic E-state index is -4.14. The minimum absolute atomic E-state index is 0.191. The van der Waals surface area contributed by atoms with Crippen molar-refractivity contribution in [2.45, 2.75) is 6.42 Å². The van der Waals surface area contributed by atoms with Crippen LogP contribution in [0.25, 0.3) is 0 Å². The molecule has 15 heavy (non-hydrogen) atoms. The van der Waals surface area contributed by atoms with Crippen molar-refractivity contribution in [2.75, 3.05) is 6.61 Å². The van der Waals surface area contributed by atoms with Crippen molar-refractivity contribution < 1.29 is 24.2 Å². The molecule has 84 valence electrons. The molecule has 0 aliphatic carbocycles. The van der Waals surface area contributed by atoms with Crippen molar-refractivity contribution in [3.63, 3.8) is 0 Å². The molecule has 0 atom stereocenters. The van der Waals surface area contributed by atoms with Crippen LogP contribution in [0, 0.1) is 0 Å². The summed E-state index contributed by atoms with van der Waals surface area (Å²) in [4.78, 5) is 30.1. The Kier molecular flexibility index (Phi) is 4.17. The summed E-state index contributed by atoms with van der Waals surface area (Å²) >= 11 is 0. The van der Waals surface area contributed by atoms with Crippen LogP contribution in [0.2, 0.25) is 0 Å². The normalized spacial score (nSPS) is 12.2. The first-order valence-electron chi connectivity index (χ1n) is 4.39. The van der Waals surface area contributed by atoms with Crippen LogP contribution in [0.5, 0.6) is 0 Å². The number of benzene rings is 1. The van der Waals surface area contributed by atoms with Crippen LogP contribution < -0.4 is 5.30 Å². The molecule has 0 saturated heterocycles. The fourth-order valence-electron chi connectivity index (χ4n) is 1.02. The van der Waals surface area contributed by atoms with E-state index in [1.807, 2.05) is 0 Å².